The van der Waals surface area contributed by atoms with Crippen LogP contribution in [0.2, 0.25) is 0 Å². The largest absolute Gasteiger partial charge is 0.354 e. The van der Waals surface area contributed by atoms with Crippen molar-refractivity contribution in [2.45, 2.75) is 19.9 Å². The van der Waals surface area contributed by atoms with Gasteiger partial charge in [-0.25, -0.2) is 4.98 Å². The zero-order chi connectivity index (χ0) is 24.5. The van der Waals surface area contributed by atoms with E-state index in [0.29, 0.717) is 0 Å². The highest BCUT2D eigenvalue weighted by Gasteiger charge is 2.28. The van der Waals surface area contributed by atoms with Crippen molar-refractivity contribution in [3.8, 4) is 11.1 Å². The minimum absolute atomic E-state index is 0.254. The summed E-state index contributed by atoms with van der Waals surface area (Å²) in [5.74, 6) is 1.16. The summed E-state index contributed by atoms with van der Waals surface area (Å²) in [4.78, 5) is 10.1. The van der Waals surface area contributed by atoms with Gasteiger partial charge in [-0.05, 0) is 30.5 Å². The van der Waals surface area contributed by atoms with Crippen LogP contribution in [-0.2, 0) is 0 Å². The molecule has 0 radical (unpaired) electrons. The molecule has 1 saturated heterocycles. The number of aryl methyl sites for hydroxylation is 1. The van der Waals surface area contributed by atoms with Crippen molar-refractivity contribution in [2.75, 3.05) is 31.1 Å². The summed E-state index contributed by atoms with van der Waals surface area (Å²) in [5, 5.41) is 4.82. The molecular formula is C31H31N5. The molecule has 0 saturated carbocycles. The van der Waals surface area contributed by atoms with Gasteiger partial charge in [-0.1, -0.05) is 91.0 Å². The number of piperazine rings is 1. The van der Waals surface area contributed by atoms with Crippen LogP contribution in [0.25, 0.3) is 16.8 Å². The van der Waals surface area contributed by atoms with Crippen molar-refractivity contribution >= 4 is 11.5 Å². The van der Waals surface area contributed by atoms with Gasteiger partial charge in [-0.15, -0.1) is 0 Å². The number of anilines is 1. The fourth-order valence-electron chi connectivity index (χ4n) is 5.44. The van der Waals surface area contributed by atoms with Crippen LogP contribution in [0.15, 0.2) is 97.2 Å². The lowest BCUT2D eigenvalue weighted by Crippen LogP contribution is -2.48. The van der Waals surface area contributed by atoms with Crippen LogP contribution >= 0.6 is 0 Å². The Bertz CT molecular complexity index is 1410. The number of aromatic nitrogens is 3. The molecule has 36 heavy (non-hydrogen) atoms. The minimum atomic E-state index is 0.254. The van der Waals surface area contributed by atoms with Gasteiger partial charge in [0.2, 0.25) is 0 Å². The monoisotopic (exact) mass is 473 g/mol. The van der Waals surface area contributed by atoms with Gasteiger partial charge in [0.1, 0.15) is 5.82 Å². The Morgan fingerprint density at radius 1 is 0.694 bits per heavy atom. The van der Waals surface area contributed by atoms with Crippen molar-refractivity contribution in [3.05, 3.63) is 120 Å². The van der Waals surface area contributed by atoms with E-state index in [1.165, 1.54) is 16.7 Å². The second-order valence-corrected chi connectivity index (χ2v) is 9.55. The van der Waals surface area contributed by atoms with Crippen molar-refractivity contribution in [3.63, 3.8) is 0 Å². The molecule has 0 aliphatic carbocycles. The van der Waals surface area contributed by atoms with E-state index in [1.54, 1.807) is 0 Å². The highest BCUT2D eigenvalue weighted by atomic mass is 15.4. The van der Waals surface area contributed by atoms with Gasteiger partial charge in [0.05, 0.1) is 12.2 Å². The molecule has 0 N–H and O–H groups in total. The molecular weight excluding hydrogens is 442 g/mol. The molecule has 5 heteroatoms. The van der Waals surface area contributed by atoms with Gasteiger partial charge in [0, 0.05) is 43.0 Å². The van der Waals surface area contributed by atoms with Crippen LogP contribution in [0.4, 0.5) is 5.82 Å². The van der Waals surface area contributed by atoms with Crippen LogP contribution < -0.4 is 4.90 Å². The van der Waals surface area contributed by atoms with Crippen molar-refractivity contribution in [1.29, 1.82) is 0 Å². The van der Waals surface area contributed by atoms with E-state index in [1.807, 2.05) is 16.8 Å². The predicted molar refractivity (Wildman–Crippen MR) is 146 cm³/mol. The molecule has 1 aliphatic rings. The Morgan fingerprint density at radius 3 is 1.83 bits per heavy atom. The zero-order valence-corrected chi connectivity index (χ0v) is 20.9. The standard InChI is InChI=1S/C31H31N5/c1-23-24(2)33-30-28(25-12-6-3-7-13-25)22-32-36(30)31(23)35-20-18-34(19-21-35)29(26-14-8-4-9-15-26)27-16-10-5-11-17-27/h3-17,22,29H,18-21H2,1-2H3. The first kappa shape index (κ1) is 22.5. The van der Waals surface area contributed by atoms with Crippen LogP contribution in [-0.4, -0.2) is 45.7 Å². The third kappa shape index (κ3) is 4.06. The summed E-state index contributed by atoms with van der Waals surface area (Å²) >= 11 is 0. The molecule has 3 aromatic carbocycles. The maximum absolute atomic E-state index is 4.95. The number of rotatable bonds is 5. The SMILES string of the molecule is Cc1nc2c(-c3ccccc3)cnn2c(N2CCN(C(c3ccccc3)c3ccccc3)CC2)c1C. The first-order valence-corrected chi connectivity index (χ1v) is 12.7. The molecule has 0 atom stereocenters. The van der Waals surface area contributed by atoms with Gasteiger partial charge >= 0.3 is 0 Å². The summed E-state index contributed by atoms with van der Waals surface area (Å²) in [6.07, 6.45) is 1.96. The van der Waals surface area contributed by atoms with Gasteiger partial charge in [0.25, 0.3) is 0 Å². The second kappa shape index (κ2) is 9.59. The minimum Gasteiger partial charge on any atom is -0.354 e. The first-order chi connectivity index (χ1) is 17.7. The first-order valence-electron chi connectivity index (χ1n) is 12.7. The Labute approximate surface area is 212 Å². The maximum Gasteiger partial charge on any atom is 0.165 e. The molecule has 2 aromatic heterocycles. The maximum atomic E-state index is 4.95. The third-order valence-electron chi connectivity index (χ3n) is 7.39. The van der Waals surface area contributed by atoms with Gasteiger partial charge in [0.15, 0.2) is 5.65 Å². The second-order valence-electron chi connectivity index (χ2n) is 9.55. The highest BCUT2D eigenvalue weighted by molar-refractivity contribution is 5.78. The Morgan fingerprint density at radius 2 is 1.25 bits per heavy atom. The molecule has 5 nitrogen and oxygen atoms in total. The average Bonchev–Trinajstić information content (AvgIpc) is 3.35. The van der Waals surface area contributed by atoms with Crippen LogP contribution in [0, 0.1) is 13.8 Å². The summed E-state index contributed by atoms with van der Waals surface area (Å²) in [6, 6.07) is 32.4. The van der Waals surface area contributed by atoms with Gasteiger partial charge in [-0.3, -0.25) is 4.90 Å². The number of nitrogens with zero attached hydrogens (tertiary/aromatic N) is 5. The lowest BCUT2D eigenvalue weighted by atomic mass is 9.96. The number of benzene rings is 3. The molecule has 180 valence electrons. The van der Waals surface area contributed by atoms with E-state index < -0.39 is 0 Å². The quantitative estimate of drug-likeness (QED) is 0.317. The molecule has 0 bridgehead atoms. The van der Waals surface area contributed by atoms with E-state index in [9.17, 15) is 0 Å². The summed E-state index contributed by atoms with van der Waals surface area (Å²) in [6.45, 7) is 8.11. The fourth-order valence-corrected chi connectivity index (χ4v) is 5.44. The Kier molecular flexibility index (Phi) is 5.99. The number of hydrogen-bond donors (Lipinski definition) is 0. The van der Waals surface area contributed by atoms with E-state index in [0.717, 1.165) is 54.5 Å². The molecule has 0 amide bonds. The van der Waals surface area contributed by atoms with E-state index in [2.05, 4.69) is 109 Å². The van der Waals surface area contributed by atoms with Crippen LogP contribution in [0.3, 0.4) is 0 Å². The summed E-state index contributed by atoms with van der Waals surface area (Å²) < 4.78 is 2.05. The number of hydrogen-bond acceptors (Lipinski definition) is 4. The smallest absolute Gasteiger partial charge is 0.165 e. The molecule has 1 aliphatic heterocycles. The normalized spacial score (nSPS) is 14.6. The highest BCUT2D eigenvalue weighted by Crippen LogP contribution is 2.33. The Hall–Kier alpha value is -3.96. The summed E-state index contributed by atoms with van der Waals surface area (Å²) in [7, 11) is 0. The topological polar surface area (TPSA) is 36.7 Å². The molecule has 5 aromatic rings. The Balaban J connectivity index is 1.32. The molecule has 6 rings (SSSR count). The lowest BCUT2D eigenvalue weighted by molar-refractivity contribution is 0.211. The van der Waals surface area contributed by atoms with Crippen LogP contribution in [0.5, 0.6) is 0 Å². The van der Waals surface area contributed by atoms with Crippen LogP contribution in [0.1, 0.15) is 28.4 Å². The fraction of sp³-hybridized carbons (Fsp3) is 0.226. The lowest BCUT2D eigenvalue weighted by Gasteiger charge is -2.41. The average molecular weight is 474 g/mol. The van der Waals surface area contributed by atoms with E-state index in [4.69, 9.17) is 10.1 Å². The molecule has 0 unspecified atom stereocenters. The zero-order valence-electron chi connectivity index (χ0n) is 20.9. The van der Waals surface area contributed by atoms with Gasteiger partial charge < -0.3 is 4.90 Å². The summed E-state index contributed by atoms with van der Waals surface area (Å²) in [5.41, 5.74) is 8.09. The van der Waals surface area contributed by atoms with E-state index >= 15 is 0 Å². The molecule has 1 fully saturated rings. The van der Waals surface area contributed by atoms with E-state index in [-0.39, 0.29) is 6.04 Å². The van der Waals surface area contributed by atoms with Crippen molar-refractivity contribution in [2.24, 2.45) is 0 Å². The van der Waals surface area contributed by atoms with Gasteiger partial charge in [-0.2, -0.15) is 9.61 Å². The van der Waals surface area contributed by atoms with Crippen molar-refractivity contribution < 1.29 is 0 Å². The third-order valence-corrected chi connectivity index (χ3v) is 7.39. The predicted octanol–water partition coefficient (Wildman–Crippen LogP) is 5.92. The molecule has 0 spiro atoms. The van der Waals surface area contributed by atoms with Crippen molar-refractivity contribution in [1.82, 2.24) is 19.5 Å². The number of fused-ring (bicyclic) bond motifs is 1. The molecule has 3 heterocycles.